The van der Waals surface area contributed by atoms with E-state index in [9.17, 15) is 19.8 Å². The molecule has 0 aliphatic carbocycles. The van der Waals surface area contributed by atoms with E-state index in [4.69, 9.17) is 0 Å². The van der Waals surface area contributed by atoms with Gasteiger partial charge in [-0.1, -0.05) is 76.2 Å². The van der Waals surface area contributed by atoms with Crippen LogP contribution in [0.15, 0.2) is 48.5 Å². The van der Waals surface area contributed by atoms with E-state index < -0.39 is 11.9 Å². The Hall–Kier alpha value is -2.00. The SMILES string of the molecule is CC(C)Cc1ccc(C(=O)[O-])cc1.CC(C)Cc1ccc(C(=O)[O-])cc1.[Zn+2]. The van der Waals surface area contributed by atoms with E-state index in [1.807, 2.05) is 24.3 Å². The number of hydrogen-bond donors (Lipinski definition) is 0. The molecule has 0 fully saturated rings. The first kappa shape index (κ1) is 25.0. The average molecular weight is 420 g/mol. The second kappa shape index (κ2) is 12.4. The molecule has 0 saturated heterocycles. The Labute approximate surface area is 174 Å². The zero-order valence-corrected chi connectivity index (χ0v) is 19.5. The molecule has 2 rings (SSSR count). The quantitative estimate of drug-likeness (QED) is 0.674. The topological polar surface area (TPSA) is 80.3 Å². The van der Waals surface area contributed by atoms with Crippen molar-refractivity contribution < 1.29 is 39.3 Å². The molecule has 140 valence electrons. The van der Waals surface area contributed by atoms with Crippen molar-refractivity contribution in [1.82, 2.24) is 0 Å². The molecular formula is C22H26O4Zn. The van der Waals surface area contributed by atoms with Crippen molar-refractivity contribution >= 4 is 11.9 Å². The fraction of sp³-hybridized carbons (Fsp3) is 0.364. The summed E-state index contributed by atoms with van der Waals surface area (Å²) in [6.45, 7) is 8.53. The van der Waals surface area contributed by atoms with Crippen LogP contribution in [-0.4, -0.2) is 11.9 Å². The van der Waals surface area contributed by atoms with Crippen LogP contribution in [0.25, 0.3) is 0 Å². The van der Waals surface area contributed by atoms with Gasteiger partial charge < -0.3 is 19.8 Å². The number of benzene rings is 2. The van der Waals surface area contributed by atoms with Gasteiger partial charge in [-0.25, -0.2) is 0 Å². The third-order valence-electron chi connectivity index (χ3n) is 3.67. The van der Waals surface area contributed by atoms with Crippen molar-refractivity contribution in [3.05, 3.63) is 70.8 Å². The van der Waals surface area contributed by atoms with Crippen LogP contribution in [0, 0.1) is 11.8 Å². The summed E-state index contributed by atoms with van der Waals surface area (Å²) in [5.74, 6) is -1.05. The van der Waals surface area contributed by atoms with E-state index in [0.717, 1.165) is 12.8 Å². The predicted molar refractivity (Wildman–Crippen MR) is 98.6 cm³/mol. The van der Waals surface area contributed by atoms with Crippen molar-refractivity contribution in [1.29, 1.82) is 0 Å². The summed E-state index contributed by atoms with van der Waals surface area (Å²) < 4.78 is 0. The van der Waals surface area contributed by atoms with Crippen LogP contribution in [0.5, 0.6) is 0 Å². The van der Waals surface area contributed by atoms with Crippen LogP contribution >= 0.6 is 0 Å². The van der Waals surface area contributed by atoms with E-state index in [-0.39, 0.29) is 30.6 Å². The summed E-state index contributed by atoms with van der Waals surface area (Å²) in [5.41, 5.74) is 2.82. The zero-order chi connectivity index (χ0) is 19.7. The minimum atomic E-state index is -1.11. The summed E-state index contributed by atoms with van der Waals surface area (Å²) in [7, 11) is 0. The summed E-state index contributed by atoms with van der Waals surface area (Å²) >= 11 is 0. The maximum atomic E-state index is 10.4. The predicted octanol–water partition coefficient (Wildman–Crippen LogP) is 2.49. The van der Waals surface area contributed by atoms with Crippen LogP contribution < -0.4 is 10.2 Å². The monoisotopic (exact) mass is 418 g/mol. The number of aromatic carboxylic acids is 2. The maximum absolute atomic E-state index is 10.4. The molecule has 0 aliphatic rings. The second-order valence-corrected chi connectivity index (χ2v) is 7.16. The molecule has 0 aliphatic heterocycles. The van der Waals surface area contributed by atoms with Gasteiger partial charge in [-0.15, -0.1) is 0 Å². The van der Waals surface area contributed by atoms with Crippen molar-refractivity contribution in [2.45, 2.75) is 40.5 Å². The molecule has 0 unspecified atom stereocenters. The molecule has 0 aromatic heterocycles. The number of hydrogen-bond acceptors (Lipinski definition) is 4. The van der Waals surface area contributed by atoms with Gasteiger partial charge in [0.15, 0.2) is 0 Å². The third kappa shape index (κ3) is 10.1. The van der Waals surface area contributed by atoms with Crippen molar-refractivity contribution in [3.63, 3.8) is 0 Å². The standard InChI is InChI=1S/2C11H14O2.Zn/c2*1-8(2)7-9-3-5-10(6-4-9)11(12)13;/h2*3-6,8H,7H2,1-2H3,(H,12,13);/q;;+2/p-2. The third-order valence-corrected chi connectivity index (χ3v) is 3.67. The Morgan fingerprint density at radius 2 is 0.926 bits per heavy atom. The molecule has 0 heterocycles. The zero-order valence-electron chi connectivity index (χ0n) is 16.5. The van der Waals surface area contributed by atoms with E-state index >= 15 is 0 Å². The van der Waals surface area contributed by atoms with E-state index in [0.29, 0.717) is 11.8 Å². The van der Waals surface area contributed by atoms with Crippen LogP contribution in [0.3, 0.4) is 0 Å². The van der Waals surface area contributed by atoms with E-state index in [2.05, 4.69) is 27.7 Å². The number of rotatable bonds is 6. The Bertz CT molecular complexity index is 641. The molecule has 2 aromatic carbocycles. The molecule has 0 radical (unpaired) electrons. The van der Waals surface area contributed by atoms with Crippen molar-refractivity contribution in [3.8, 4) is 0 Å². The molecule has 0 amide bonds. The maximum Gasteiger partial charge on any atom is 2.00 e. The van der Waals surface area contributed by atoms with Gasteiger partial charge >= 0.3 is 19.5 Å². The van der Waals surface area contributed by atoms with Gasteiger partial charge in [0.2, 0.25) is 0 Å². The number of carbonyl (C=O) groups is 2. The van der Waals surface area contributed by atoms with Gasteiger partial charge in [-0.3, -0.25) is 0 Å². The summed E-state index contributed by atoms with van der Waals surface area (Å²) in [4.78, 5) is 20.8. The van der Waals surface area contributed by atoms with Crippen LogP contribution in [0.4, 0.5) is 0 Å². The molecule has 0 saturated carbocycles. The number of carboxylic acids is 2. The second-order valence-electron chi connectivity index (χ2n) is 7.16. The Kier molecular flexibility index (Phi) is 11.5. The van der Waals surface area contributed by atoms with Gasteiger partial charge in [0, 0.05) is 0 Å². The summed E-state index contributed by atoms with van der Waals surface area (Å²) in [5, 5.41) is 20.8. The van der Waals surface area contributed by atoms with Crippen molar-refractivity contribution in [2.75, 3.05) is 0 Å². The minimum Gasteiger partial charge on any atom is -0.545 e. The van der Waals surface area contributed by atoms with Gasteiger partial charge in [0.1, 0.15) is 0 Å². The van der Waals surface area contributed by atoms with E-state index in [1.54, 1.807) is 24.3 Å². The Balaban J connectivity index is 0.000000483. The van der Waals surface area contributed by atoms with Crippen LogP contribution in [0.2, 0.25) is 0 Å². The smallest absolute Gasteiger partial charge is 0.545 e. The van der Waals surface area contributed by atoms with Gasteiger partial charge in [-0.2, -0.15) is 0 Å². The fourth-order valence-electron chi connectivity index (χ4n) is 2.50. The molecule has 2 aromatic rings. The molecular weight excluding hydrogens is 394 g/mol. The van der Waals surface area contributed by atoms with Crippen LogP contribution in [0.1, 0.15) is 59.5 Å². The average Bonchev–Trinajstić information content (AvgIpc) is 2.55. The molecule has 5 heteroatoms. The molecule has 0 spiro atoms. The molecule has 4 nitrogen and oxygen atoms in total. The molecule has 0 N–H and O–H groups in total. The van der Waals surface area contributed by atoms with E-state index in [1.165, 1.54) is 11.1 Å². The molecule has 0 atom stereocenters. The largest absolute Gasteiger partial charge is 2.00 e. The molecule has 27 heavy (non-hydrogen) atoms. The number of carboxylic acid groups (broad SMARTS) is 2. The van der Waals surface area contributed by atoms with Gasteiger partial charge in [-0.05, 0) is 46.9 Å². The van der Waals surface area contributed by atoms with Crippen LogP contribution in [-0.2, 0) is 32.3 Å². The normalized spacial score (nSPS) is 10.0. The summed E-state index contributed by atoms with van der Waals surface area (Å²) in [6.07, 6.45) is 1.96. The summed E-state index contributed by atoms with van der Waals surface area (Å²) in [6, 6.07) is 13.7. The first-order valence-electron chi connectivity index (χ1n) is 8.79. The van der Waals surface area contributed by atoms with Gasteiger partial charge in [0.25, 0.3) is 0 Å². The number of carbonyl (C=O) groups excluding carboxylic acids is 2. The van der Waals surface area contributed by atoms with Crippen molar-refractivity contribution in [2.24, 2.45) is 11.8 Å². The first-order valence-corrected chi connectivity index (χ1v) is 8.79. The van der Waals surface area contributed by atoms with Gasteiger partial charge in [0.05, 0.1) is 11.9 Å². The first-order chi connectivity index (χ1) is 12.2. The fourth-order valence-corrected chi connectivity index (χ4v) is 2.50. The Morgan fingerprint density at radius 3 is 1.11 bits per heavy atom. The minimum absolute atomic E-state index is 0. The molecule has 0 bridgehead atoms. The Morgan fingerprint density at radius 1 is 0.667 bits per heavy atom.